The van der Waals surface area contributed by atoms with E-state index in [2.05, 4.69) is 120 Å². The van der Waals surface area contributed by atoms with Crippen molar-refractivity contribution in [2.75, 3.05) is 120 Å². The van der Waals surface area contributed by atoms with Gasteiger partial charge in [0.1, 0.15) is 0 Å². The normalized spacial score (nSPS) is 8.64. The predicted octanol–water partition coefficient (Wildman–Crippen LogP) is 6.54. The van der Waals surface area contributed by atoms with E-state index in [0.29, 0.717) is 0 Å². The zero-order chi connectivity index (χ0) is 21.5. The first-order chi connectivity index (χ1) is 10.4. The maximum absolute atomic E-state index is 2.27. The molecular weight excluding hydrogens is 586 g/mol. The molecule has 7 heteroatoms. The molecule has 0 aromatic rings. The molecule has 0 heterocycles. The Labute approximate surface area is 187 Å². The van der Waals surface area contributed by atoms with Gasteiger partial charge in [0.05, 0.1) is 0 Å². The van der Waals surface area contributed by atoms with Gasteiger partial charge in [0.2, 0.25) is 0 Å². The fourth-order valence-corrected chi connectivity index (χ4v) is 0. The molecule has 0 aliphatic heterocycles. The first kappa shape index (κ1) is 46.5. The Morgan fingerprint density at radius 3 is 0.200 bits per heavy atom. The SMILES string of the molecule is C[PH+](C)C.C[PH+](C)C.C[PH+](C)C.C[PH+](C)C.C[PH+](C)C.C[PH+](C)C.[W]. The topological polar surface area (TPSA) is 0 Å². The molecule has 0 fully saturated rings. The van der Waals surface area contributed by atoms with Crippen LogP contribution >= 0.6 is 47.5 Å². The van der Waals surface area contributed by atoms with Crippen molar-refractivity contribution in [2.45, 2.75) is 0 Å². The van der Waals surface area contributed by atoms with E-state index in [4.69, 9.17) is 0 Å². The third-order valence-electron chi connectivity index (χ3n) is 0. The first-order valence-corrected chi connectivity index (χ1v) is 27.0. The zero-order valence-corrected chi connectivity index (χ0v) is 30.3. The van der Waals surface area contributed by atoms with Crippen LogP contribution in [0.3, 0.4) is 0 Å². The standard InChI is InChI=1S/6C3H9P.W/c6*1-4(2)3;/h6*1-3H3;/p+6. The molecule has 0 atom stereocenters. The van der Waals surface area contributed by atoms with Crippen LogP contribution in [-0.4, -0.2) is 120 Å². The molecule has 162 valence electrons. The number of rotatable bonds is 0. The van der Waals surface area contributed by atoms with Crippen LogP contribution in [0.4, 0.5) is 0 Å². The van der Waals surface area contributed by atoms with E-state index in [1.54, 1.807) is 0 Å². The third-order valence-corrected chi connectivity index (χ3v) is 0. The molecule has 0 aromatic heterocycles. The van der Waals surface area contributed by atoms with Crippen molar-refractivity contribution in [3.63, 3.8) is 0 Å². The van der Waals surface area contributed by atoms with Gasteiger partial charge in [-0.2, -0.15) is 0 Å². The van der Waals surface area contributed by atoms with Crippen molar-refractivity contribution in [1.29, 1.82) is 0 Å². The van der Waals surface area contributed by atoms with E-state index in [1.807, 2.05) is 0 Å². The maximum Gasteiger partial charge on any atom is 0.0461 e. The van der Waals surface area contributed by atoms with Gasteiger partial charge in [-0.25, -0.2) is 0 Å². The Hall–Kier alpha value is 3.27. The van der Waals surface area contributed by atoms with Crippen molar-refractivity contribution < 1.29 is 21.1 Å². The second-order valence-corrected chi connectivity index (χ2v) is 27.0. The van der Waals surface area contributed by atoms with Crippen molar-refractivity contribution in [2.24, 2.45) is 0 Å². The minimum absolute atomic E-state index is 0. The van der Waals surface area contributed by atoms with Crippen LogP contribution in [0.15, 0.2) is 0 Å². The summed E-state index contributed by atoms with van der Waals surface area (Å²) in [7, 11) is 0.722. The summed E-state index contributed by atoms with van der Waals surface area (Å²) >= 11 is 0. The largest absolute Gasteiger partial charge is 0.0461 e. The van der Waals surface area contributed by atoms with E-state index in [-0.39, 0.29) is 68.6 Å². The van der Waals surface area contributed by atoms with Gasteiger partial charge in [-0.15, -0.1) is 0 Å². The summed E-state index contributed by atoms with van der Waals surface area (Å²) in [6.07, 6.45) is 0. The number of hydrogen-bond acceptors (Lipinski definition) is 0. The first-order valence-electron chi connectivity index (χ1n) is 9.00. The molecule has 0 N–H and O–H groups in total. The van der Waals surface area contributed by atoms with Crippen LogP contribution in [-0.2, 0) is 21.1 Å². The molecule has 0 saturated carbocycles. The molecule has 0 unspecified atom stereocenters. The van der Waals surface area contributed by atoms with Crippen LogP contribution in [0.25, 0.3) is 0 Å². The Bertz CT molecular complexity index is 101. The van der Waals surface area contributed by atoms with Gasteiger partial charge in [-0.05, 0) is 47.5 Å². The fraction of sp³-hybridized carbons (Fsp3) is 1.00. The van der Waals surface area contributed by atoms with Crippen LogP contribution < -0.4 is 0 Å². The molecular formula is C18H60P6W+6. The second kappa shape index (κ2) is 41.6. The molecule has 0 aromatic carbocycles. The predicted molar refractivity (Wildman–Crippen MR) is 157 cm³/mol. The van der Waals surface area contributed by atoms with Gasteiger partial charge < -0.3 is 0 Å². The molecule has 0 amide bonds. The van der Waals surface area contributed by atoms with E-state index in [0.717, 1.165) is 0 Å². The summed E-state index contributed by atoms with van der Waals surface area (Å²) in [6.45, 7) is 40.8. The van der Waals surface area contributed by atoms with Crippen LogP contribution in [0, 0.1) is 0 Å². The van der Waals surface area contributed by atoms with Gasteiger partial charge in [0.15, 0.2) is 0 Å². The van der Waals surface area contributed by atoms with Gasteiger partial charge >= 0.3 is 0 Å². The molecule has 0 saturated heterocycles. The van der Waals surface area contributed by atoms with E-state index >= 15 is 0 Å². The second-order valence-electron chi connectivity index (χ2n) is 9.00. The molecule has 0 aliphatic rings. The summed E-state index contributed by atoms with van der Waals surface area (Å²) in [5, 5.41) is 0. The van der Waals surface area contributed by atoms with Gasteiger partial charge in [0.25, 0.3) is 0 Å². The molecule has 0 rings (SSSR count). The summed E-state index contributed by atoms with van der Waals surface area (Å²) in [6, 6.07) is 0. The molecule has 25 heavy (non-hydrogen) atoms. The van der Waals surface area contributed by atoms with Crippen LogP contribution in [0.2, 0.25) is 0 Å². The summed E-state index contributed by atoms with van der Waals surface area (Å²) in [5.74, 6) is 0. The Kier molecular flexibility index (Phi) is 77.3. The minimum atomic E-state index is 0. The van der Waals surface area contributed by atoms with Crippen LogP contribution in [0.1, 0.15) is 0 Å². The Balaban J connectivity index is -0.0000000309. The van der Waals surface area contributed by atoms with Crippen molar-refractivity contribution in [3.8, 4) is 0 Å². The number of hydrogen-bond donors (Lipinski definition) is 0. The molecule has 0 aliphatic carbocycles. The van der Waals surface area contributed by atoms with Crippen LogP contribution in [0.5, 0.6) is 0 Å². The third kappa shape index (κ3) is 1630. The quantitative estimate of drug-likeness (QED) is 0.263. The van der Waals surface area contributed by atoms with E-state index in [9.17, 15) is 0 Å². The van der Waals surface area contributed by atoms with E-state index < -0.39 is 0 Å². The molecule has 0 bridgehead atoms. The van der Waals surface area contributed by atoms with Crippen molar-refractivity contribution >= 4 is 47.5 Å². The Morgan fingerprint density at radius 1 is 0.200 bits per heavy atom. The van der Waals surface area contributed by atoms with Gasteiger partial charge in [-0.3, -0.25) is 0 Å². The smallest absolute Gasteiger partial charge is 0.00840 e. The van der Waals surface area contributed by atoms with Gasteiger partial charge in [0, 0.05) is 141 Å². The average Bonchev–Trinajstić information content (AvgIpc) is 2.08. The summed E-state index contributed by atoms with van der Waals surface area (Å²) in [5.41, 5.74) is 0. The maximum atomic E-state index is 2.27. The monoisotopic (exact) mass is 646 g/mol. The molecule has 0 nitrogen and oxygen atoms in total. The molecule has 0 spiro atoms. The zero-order valence-electron chi connectivity index (χ0n) is 21.4. The average molecular weight is 646 g/mol. The Morgan fingerprint density at radius 2 is 0.200 bits per heavy atom. The van der Waals surface area contributed by atoms with Gasteiger partial charge in [-0.1, -0.05) is 0 Å². The fourth-order valence-electron chi connectivity index (χ4n) is 0. The minimum Gasteiger partial charge on any atom is -0.00840 e. The van der Waals surface area contributed by atoms with Crippen molar-refractivity contribution in [3.05, 3.63) is 0 Å². The van der Waals surface area contributed by atoms with E-state index in [1.165, 1.54) is 0 Å². The summed E-state index contributed by atoms with van der Waals surface area (Å²) < 4.78 is 0. The molecule has 0 radical (unpaired) electrons. The summed E-state index contributed by atoms with van der Waals surface area (Å²) in [4.78, 5) is 0. The van der Waals surface area contributed by atoms with Crippen molar-refractivity contribution in [1.82, 2.24) is 0 Å².